The summed E-state index contributed by atoms with van der Waals surface area (Å²) in [6, 6.07) is 12.6. The van der Waals surface area contributed by atoms with E-state index in [2.05, 4.69) is 10.4 Å². The van der Waals surface area contributed by atoms with Gasteiger partial charge in [0.2, 0.25) is 0 Å². The van der Waals surface area contributed by atoms with Crippen LogP contribution in [0.3, 0.4) is 0 Å². The zero-order valence-electron chi connectivity index (χ0n) is 19.8. The van der Waals surface area contributed by atoms with Crippen molar-refractivity contribution in [3.05, 3.63) is 83.7 Å². The Kier molecular flexibility index (Phi) is 7.14. The molecule has 3 heterocycles. The Labute approximate surface area is 202 Å². The Balaban J connectivity index is 1.43. The number of hydrazone groups is 1. The van der Waals surface area contributed by atoms with Crippen LogP contribution >= 0.6 is 0 Å². The molecule has 9 heteroatoms. The summed E-state index contributed by atoms with van der Waals surface area (Å²) in [7, 11) is 0. The van der Waals surface area contributed by atoms with Crippen LogP contribution in [0.2, 0.25) is 0 Å². The lowest BCUT2D eigenvalue weighted by Crippen LogP contribution is -2.46. The summed E-state index contributed by atoms with van der Waals surface area (Å²) in [6.07, 6.45) is 3.44. The Morgan fingerprint density at radius 2 is 1.89 bits per heavy atom. The molecule has 2 aromatic heterocycles. The van der Waals surface area contributed by atoms with Crippen LogP contribution in [0.4, 0.5) is 0 Å². The van der Waals surface area contributed by atoms with Crippen LogP contribution in [-0.2, 0) is 14.3 Å². The van der Waals surface area contributed by atoms with E-state index in [-0.39, 0.29) is 11.8 Å². The predicted molar refractivity (Wildman–Crippen MR) is 126 cm³/mol. The number of hydrogen-bond donors (Lipinski definition) is 1. The number of carbonyl (C=O) groups is 3. The standard InChI is InChI=1S/C26H27N3O6/c1-16(2)24(27-25(31)18-8-4-7-17(3)13-18)26(32)35-15-23(30)29-20(22-10-6-12-34-22)14-19(28-29)21-9-5-11-33-21/h4-13,16,20,24H,14-15H2,1-3H3,(H,27,31)/t20?,24-/m0/s1. The third kappa shape index (κ3) is 5.51. The summed E-state index contributed by atoms with van der Waals surface area (Å²) in [5.74, 6) is -0.751. The van der Waals surface area contributed by atoms with Gasteiger partial charge in [-0.1, -0.05) is 31.5 Å². The Hall–Kier alpha value is -4.14. The van der Waals surface area contributed by atoms with E-state index in [9.17, 15) is 14.4 Å². The van der Waals surface area contributed by atoms with E-state index in [1.807, 2.05) is 13.0 Å². The topological polar surface area (TPSA) is 114 Å². The molecule has 4 rings (SSSR count). The number of carbonyl (C=O) groups excluding carboxylic acids is 3. The molecule has 1 aliphatic heterocycles. The molecule has 0 bridgehead atoms. The number of furan rings is 2. The lowest BCUT2D eigenvalue weighted by atomic mass is 10.0. The first-order valence-electron chi connectivity index (χ1n) is 11.3. The average molecular weight is 478 g/mol. The highest BCUT2D eigenvalue weighted by atomic mass is 16.5. The fraction of sp³-hybridized carbons (Fsp3) is 0.308. The lowest BCUT2D eigenvalue weighted by Gasteiger charge is -2.23. The average Bonchev–Trinajstić information content (AvgIpc) is 3.61. The molecular formula is C26H27N3O6. The minimum atomic E-state index is -0.919. The smallest absolute Gasteiger partial charge is 0.329 e. The highest BCUT2D eigenvalue weighted by Gasteiger charge is 2.36. The summed E-state index contributed by atoms with van der Waals surface area (Å²) < 4.78 is 16.2. The van der Waals surface area contributed by atoms with Crippen molar-refractivity contribution in [3.8, 4) is 0 Å². The van der Waals surface area contributed by atoms with Crippen molar-refractivity contribution < 1.29 is 28.0 Å². The Morgan fingerprint density at radius 3 is 2.54 bits per heavy atom. The number of esters is 1. The summed E-state index contributed by atoms with van der Waals surface area (Å²) in [4.78, 5) is 38.5. The number of aryl methyl sites for hydroxylation is 1. The molecule has 0 aliphatic carbocycles. The number of nitrogens with one attached hydrogen (secondary N) is 1. The molecule has 0 saturated carbocycles. The highest BCUT2D eigenvalue weighted by molar-refractivity contribution is 6.01. The fourth-order valence-corrected chi connectivity index (χ4v) is 3.83. The molecule has 1 unspecified atom stereocenters. The second-order valence-corrected chi connectivity index (χ2v) is 8.67. The zero-order chi connectivity index (χ0) is 24.9. The van der Waals surface area contributed by atoms with Crippen LogP contribution in [0.5, 0.6) is 0 Å². The number of nitrogens with zero attached hydrogens (tertiary/aromatic N) is 2. The molecule has 1 N–H and O–H groups in total. The van der Waals surface area contributed by atoms with E-state index < -0.39 is 30.6 Å². The minimum Gasteiger partial charge on any atom is -0.467 e. The predicted octanol–water partition coefficient (Wildman–Crippen LogP) is 3.86. The van der Waals surface area contributed by atoms with Gasteiger partial charge in [0.1, 0.15) is 29.3 Å². The van der Waals surface area contributed by atoms with Gasteiger partial charge in [0.15, 0.2) is 6.61 Å². The summed E-state index contributed by atoms with van der Waals surface area (Å²) in [5.41, 5.74) is 1.96. The molecule has 182 valence electrons. The molecule has 35 heavy (non-hydrogen) atoms. The van der Waals surface area contributed by atoms with Gasteiger partial charge in [0, 0.05) is 12.0 Å². The van der Waals surface area contributed by atoms with Crippen molar-refractivity contribution in [1.29, 1.82) is 0 Å². The first-order valence-corrected chi connectivity index (χ1v) is 11.3. The SMILES string of the molecule is Cc1cccc(C(=O)N[C@H](C(=O)OCC(=O)N2N=C(c3ccco3)CC2c2ccco2)C(C)C)c1. The lowest BCUT2D eigenvalue weighted by molar-refractivity contribution is -0.155. The van der Waals surface area contributed by atoms with E-state index in [0.29, 0.717) is 29.2 Å². The Morgan fingerprint density at radius 1 is 1.11 bits per heavy atom. The van der Waals surface area contributed by atoms with Gasteiger partial charge >= 0.3 is 5.97 Å². The van der Waals surface area contributed by atoms with Gasteiger partial charge < -0.3 is 18.9 Å². The van der Waals surface area contributed by atoms with Crippen molar-refractivity contribution in [2.45, 2.75) is 39.3 Å². The number of amides is 2. The quantitative estimate of drug-likeness (QED) is 0.493. The second-order valence-electron chi connectivity index (χ2n) is 8.67. The van der Waals surface area contributed by atoms with Crippen molar-refractivity contribution in [2.75, 3.05) is 6.61 Å². The van der Waals surface area contributed by atoms with Gasteiger partial charge in [0.05, 0.1) is 12.5 Å². The summed E-state index contributed by atoms with van der Waals surface area (Å²) in [6.45, 7) is 4.93. The molecule has 1 aliphatic rings. The van der Waals surface area contributed by atoms with Gasteiger partial charge in [-0.3, -0.25) is 9.59 Å². The zero-order valence-corrected chi connectivity index (χ0v) is 19.8. The molecule has 2 amide bonds. The number of hydrogen-bond acceptors (Lipinski definition) is 7. The van der Waals surface area contributed by atoms with Crippen LogP contribution in [0.15, 0.2) is 75.0 Å². The molecule has 3 aromatic rings. The van der Waals surface area contributed by atoms with Crippen molar-refractivity contribution in [3.63, 3.8) is 0 Å². The first kappa shape index (κ1) is 24.0. The van der Waals surface area contributed by atoms with Crippen LogP contribution in [-0.4, -0.2) is 41.2 Å². The van der Waals surface area contributed by atoms with E-state index in [0.717, 1.165) is 5.56 Å². The number of rotatable bonds is 8. The number of benzene rings is 1. The van der Waals surface area contributed by atoms with E-state index in [1.165, 1.54) is 17.5 Å². The third-order valence-electron chi connectivity index (χ3n) is 5.67. The Bertz CT molecular complexity index is 1210. The van der Waals surface area contributed by atoms with Gasteiger partial charge in [-0.15, -0.1) is 0 Å². The third-order valence-corrected chi connectivity index (χ3v) is 5.67. The molecule has 9 nitrogen and oxygen atoms in total. The second kappa shape index (κ2) is 10.4. The summed E-state index contributed by atoms with van der Waals surface area (Å²) >= 11 is 0. The normalized spacial score (nSPS) is 16.2. The molecule has 0 fully saturated rings. The van der Waals surface area contributed by atoms with E-state index in [4.69, 9.17) is 13.6 Å². The van der Waals surface area contributed by atoms with E-state index >= 15 is 0 Å². The molecule has 0 radical (unpaired) electrons. The first-order chi connectivity index (χ1) is 16.8. The maximum atomic E-state index is 13.0. The van der Waals surface area contributed by atoms with Crippen molar-refractivity contribution in [2.24, 2.45) is 11.0 Å². The molecule has 0 spiro atoms. The molecule has 1 aromatic carbocycles. The fourth-order valence-electron chi connectivity index (χ4n) is 3.83. The maximum absolute atomic E-state index is 13.0. The van der Waals surface area contributed by atoms with Crippen LogP contribution < -0.4 is 5.32 Å². The van der Waals surface area contributed by atoms with Crippen LogP contribution in [0.1, 0.15) is 53.8 Å². The van der Waals surface area contributed by atoms with Gasteiger partial charge in [-0.05, 0) is 49.2 Å². The van der Waals surface area contributed by atoms with Crippen molar-refractivity contribution >= 4 is 23.5 Å². The molecular weight excluding hydrogens is 450 g/mol. The van der Waals surface area contributed by atoms with Crippen molar-refractivity contribution in [1.82, 2.24) is 10.3 Å². The molecule has 0 saturated heterocycles. The van der Waals surface area contributed by atoms with Gasteiger partial charge in [-0.25, -0.2) is 9.80 Å². The van der Waals surface area contributed by atoms with E-state index in [1.54, 1.807) is 56.3 Å². The van der Waals surface area contributed by atoms with Gasteiger partial charge in [0.25, 0.3) is 11.8 Å². The number of ether oxygens (including phenoxy) is 1. The van der Waals surface area contributed by atoms with Gasteiger partial charge in [-0.2, -0.15) is 5.10 Å². The van der Waals surface area contributed by atoms with Crippen LogP contribution in [0.25, 0.3) is 0 Å². The monoisotopic (exact) mass is 477 g/mol. The summed E-state index contributed by atoms with van der Waals surface area (Å²) in [5, 5.41) is 8.37. The minimum absolute atomic E-state index is 0.252. The molecule has 2 atom stereocenters. The highest BCUT2D eigenvalue weighted by Crippen LogP contribution is 2.33. The largest absolute Gasteiger partial charge is 0.467 e. The maximum Gasteiger partial charge on any atom is 0.329 e. The van der Waals surface area contributed by atoms with Crippen LogP contribution in [0, 0.1) is 12.8 Å².